The molecule has 8 heteroatoms. The molecule has 1 heterocycles. The fourth-order valence-corrected chi connectivity index (χ4v) is 3.40. The predicted molar refractivity (Wildman–Crippen MR) is 112 cm³/mol. The molecular formula is C20H21BrN4O3. The number of nitrogens with one attached hydrogen (secondary N) is 1. The average Bonchev–Trinajstić information content (AvgIpc) is 2.73. The lowest BCUT2D eigenvalue weighted by atomic mass is 10.2. The molecule has 146 valence electrons. The molecule has 0 unspecified atom stereocenters. The van der Waals surface area contributed by atoms with Gasteiger partial charge in [-0.1, -0.05) is 40.2 Å². The zero-order chi connectivity index (χ0) is 19.9. The van der Waals surface area contributed by atoms with Crippen molar-refractivity contribution in [2.75, 3.05) is 38.2 Å². The van der Waals surface area contributed by atoms with Crippen LogP contribution in [0.25, 0.3) is 0 Å². The number of methoxy groups -OCH3 is 1. The van der Waals surface area contributed by atoms with Gasteiger partial charge in [0.05, 0.1) is 19.0 Å². The van der Waals surface area contributed by atoms with Crippen molar-refractivity contribution in [3.63, 3.8) is 0 Å². The van der Waals surface area contributed by atoms with E-state index in [-0.39, 0.29) is 0 Å². The van der Waals surface area contributed by atoms with Crippen molar-refractivity contribution < 1.29 is 14.3 Å². The van der Waals surface area contributed by atoms with Crippen LogP contribution in [0.2, 0.25) is 0 Å². The van der Waals surface area contributed by atoms with Gasteiger partial charge in [0.25, 0.3) is 0 Å². The molecule has 2 amide bonds. The van der Waals surface area contributed by atoms with E-state index >= 15 is 0 Å². The number of hydrazone groups is 1. The zero-order valence-corrected chi connectivity index (χ0v) is 17.1. The van der Waals surface area contributed by atoms with Crippen molar-refractivity contribution in [3.8, 4) is 5.75 Å². The molecular weight excluding hydrogens is 424 g/mol. The fourth-order valence-electron chi connectivity index (χ4n) is 2.99. The summed E-state index contributed by atoms with van der Waals surface area (Å²) in [7, 11) is 1.64. The van der Waals surface area contributed by atoms with Gasteiger partial charge < -0.3 is 14.5 Å². The van der Waals surface area contributed by atoms with Crippen molar-refractivity contribution in [1.29, 1.82) is 0 Å². The summed E-state index contributed by atoms with van der Waals surface area (Å²) in [5.41, 5.74) is 4.10. The Morgan fingerprint density at radius 1 is 1.11 bits per heavy atom. The molecule has 1 fully saturated rings. The van der Waals surface area contributed by atoms with Crippen LogP contribution < -0.4 is 15.1 Å². The molecule has 0 atom stereocenters. The number of piperazine rings is 1. The number of anilines is 1. The van der Waals surface area contributed by atoms with Gasteiger partial charge in [0.1, 0.15) is 5.75 Å². The van der Waals surface area contributed by atoms with Gasteiger partial charge in [0, 0.05) is 30.7 Å². The Bertz CT molecular complexity index is 879. The Hall–Kier alpha value is -2.87. The number of ether oxygens (including phenoxy) is 1. The van der Waals surface area contributed by atoms with E-state index in [1.54, 1.807) is 7.11 Å². The van der Waals surface area contributed by atoms with Crippen molar-refractivity contribution in [1.82, 2.24) is 10.3 Å². The molecule has 0 saturated carbocycles. The standard InChI is InChI=1S/C20H21BrN4O3/c1-28-18-8-3-2-7-17(18)24-9-11-25(12-10-24)20(27)19(26)23-22-14-15-5-4-6-16(21)13-15/h2-8,13-14H,9-12H2,1H3,(H,23,26). The topological polar surface area (TPSA) is 74.2 Å². The number of hydrogen-bond donors (Lipinski definition) is 1. The van der Waals surface area contributed by atoms with Gasteiger partial charge in [-0.2, -0.15) is 5.10 Å². The van der Waals surface area contributed by atoms with Crippen LogP contribution in [0.4, 0.5) is 5.69 Å². The number of halogens is 1. The predicted octanol–water partition coefficient (Wildman–Crippen LogP) is 2.26. The molecule has 0 aromatic heterocycles. The number of carbonyl (C=O) groups excluding carboxylic acids is 2. The summed E-state index contributed by atoms with van der Waals surface area (Å²) in [6, 6.07) is 15.2. The maximum atomic E-state index is 12.4. The third kappa shape index (κ3) is 4.89. The summed E-state index contributed by atoms with van der Waals surface area (Å²) in [6.07, 6.45) is 1.50. The first-order valence-electron chi connectivity index (χ1n) is 8.84. The smallest absolute Gasteiger partial charge is 0.329 e. The molecule has 0 aliphatic carbocycles. The van der Waals surface area contributed by atoms with Crippen molar-refractivity contribution in [3.05, 3.63) is 58.6 Å². The van der Waals surface area contributed by atoms with Crippen LogP contribution in [0.15, 0.2) is 58.1 Å². The summed E-state index contributed by atoms with van der Waals surface area (Å²) < 4.78 is 6.30. The molecule has 0 radical (unpaired) electrons. The zero-order valence-electron chi connectivity index (χ0n) is 15.5. The highest BCUT2D eigenvalue weighted by Crippen LogP contribution is 2.28. The van der Waals surface area contributed by atoms with Crippen LogP contribution in [-0.4, -0.2) is 56.2 Å². The minimum absolute atomic E-state index is 0.458. The number of hydrogen-bond acceptors (Lipinski definition) is 5. The van der Waals surface area contributed by atoms with Crippen molar-refractivity contribution >= 4 is 39.6 Å². The van der Waals surface area contributed by atoms with E-state index in [2.05, 4.69) is 31.4 Å². The first-order chi connectivity index (χ1) is 13.6. The minimum Gasteiger partial charge on any atom is -0.495 e. The number of carbonyl (C=O) groups is 2. The molecule has 1 aliphatic rings. The maximum Gasteiger partial charge on any atom is 0.329 e. The Labute approximate surface area is 172 Å². The van der Waals surface area contributed by atoms with E-state index in [0.29, 0.717) is 26.2 Å². The first-order valence-corrected chi connectivity index (χ1v) is 9.63. The Morgan fingerprint density at radius 2 is 1.86 bits per heavy atom. The highest BCUT2D eigenvalue weighted by molar-refractivity contribution is 9.10. The third-order valence-electron chi connectivity index (χ3n) is 4.42. The molecule has 0 spiro atoms. The maximum absolute atomic E-state index is 12.4. The number of rotatable bonds is 4. The molecule has 28 heavy (non-hydrogen) atoms. The SMILES string of the molecule is COc1ccccc1N1CCN(C(=O)C(=O)NN=Cc2cccc(Br)c2)CC1. The number of nitrogens with zero attached hydrogens (tertiary/aromatic N) is 3. The van der Waals surface area contributed by atoms with Crippen LogP contribution in [0, 0.1) is 0 Å². The van der Waals surface area contributed by atoms with E-state index in [0.717, 1.165) is 21.5 Å². The van der Waals surface area contributed by atoms with Crippen LogP contribution in [-0.2, 0) is 9.59 Å². The lowest BCUT2D eigenvalue weighted by molar-refractivity contribution is -0.146. The summed E-state index contributed by atoms with van der Waals surface area (Å²) >= 11 is 3.37. The van der Waals surface area contributed by atoms with E-state index in [1.165, 1.54) is 11.1 Å². The van der Waals surface area contributed by atoms with Crippen LogP contribution in [0.5, 0.6) is 5.75 Å². The summed E-state index contributed by atoms with van der Waals surface area (Å²) in [5.74, 6) is -0.523. The third-order valence-corrected chi connectivity index (χ3v) is 4.91. The van der Waals surface area contributed by atoms with Gasteiger partial charge in [-0.15, -0.1) is 0 Å². The van der Waals surface area contributed by atoms with E-state index in [1.807, 2.05) is 48.5 Å². The van der Waals surface area contributed by atoms with Gasteiger partial charge in [0.15, 0.2) is 0 Å². The highest BCUT2D eigenvalue weighted by Gasteiger charge is 2.26. The fraction of sp³-hybridized carbons (Fsp3) is 0.250. The van der Waals surface area contributed by atoms with Crippen LogP contribution in [0.3, 0.4) is 0 Å². The molecule has 1 saturated heterocycles. The van der Waals surface area contributed by atoms with Crippen LogP contribution >= 0.6 is 15.9 Å². The average molecular weight is 445 g/mol. The normalized spacial score (nSPS) is 14.2. The molecule has 0 bridgehead atoms. The monoisotopic (exact) mass is 444 g/mol. The molecule has 7 nitrogen and oxygen atoms in total. The van der Waals surface area contributed by atoms with Gasteiger partial charge in [-0.25, -0.2) is 5.43 Å². The number of amides is 2. The Balaban J connectivity index is 1.52. The van der Waals surface area contributed by atoms with Gasteiger partial charge in [0.2, 0.25) is 0 Å². The Kier molecular flexibility index (Phi) is 6.65. The van der Waals surface area contributed by atoms with Crippen molar-refractivity contribution in [2.24, 2.45) is 5.10 Å². The minimum atomic E-state index is -0.739. The van der Waals surface area contributed by atoms with Crippen LogP contribution in [0.1, 0.15) is 5.56 Å². The summed E-state index contributed by atoms with van der Waals surface area (Å²) in [5, 5.41) is 3.86. The van der Waals surface area contributed by atoms with Gasteiger partial charge >= 0.3 is 11.8 Å². The second kappa shape index (κ2) is 9.36. The molecule has 3 rings (SSSR count). The van der Waals surface area contributed by atoms with Crippen molar-refractivity contribution in [2.45, 2.75) is 0 Å². The second-order valence-electron chi connectivity index (χ2n) is 6.21. The first kappa shape index (κ1) is 19.9. The van der Waals surface area contributed by atoms with E-state index in [9.17, 15) is 9.59 Å². The number of benzene rings is 2. The number of para-hydroxylation sites is 2. The highest BCUT2D eigenvalue weighted by atomic mass is 79.9. The summed E-state index contributed by atoms with van der Waals surface area (Å²) in [4.78, 5) is 28.1. The Morgan fingerprint density at radius 3 is 2.57 bits per heavy atom. The molecule has 1 aliphatic heterocycles. The lowest BCUT2D eigenvalue weighted by Gasteiger charge is -2.36. The molecule has 1 N–H and O–H groups in total. The molecule has 2 aromatic carbocycles. The quantitative estimate of drug-likeness (QED) is 0.445. The van der Waals surface area contributed by atoms with Gasteiger partial charge in [-0.3, -0.25) is 9.59 Å². The summed E-state index contributed by atoms with van der Waals surface area (Å²) in [6.45, 7) is 2.17. The second-order valence-corrected chi connectivity index (χ2v) is 7.12. The molecule has 2 aromatic rings. The van der Waals surface area contributed by atoms with E-state index < -0.39 is 11.8 Å². The lowest BCUT2D eigenvalue weighted by Crippen LogP contribution is -2.52. The largest absolute Gasteiger partial charge is 0.495 e. The van der Waals surface area contributed by atoms with Gasteiger partial charge in [-0.05, 0) is 29.8 Å². The van der Waals surface area contributed by atoms with E-state index in [4.69, 9.17) is 4.74 Å².